The minimum atomic E-state index is -3.65. The van der Waals surface area contributed by atoms with E-state index in [1.807, 2.05) is 0 Å². The summed E-state index contributed by atoms with van der Waals surface area (Å²) >= 11 is 0. The van der Waals surface area contributed by atoms with E-state index in [2.05, 4.69) is 0 Å². The third-order valence-corrected chi connectivity index (χ3v) is 8.69. The van der Waals surface area contributed by atoms with Gasteiger partial charge in [0.25, 0.3) is 11.7 Å². The molecule has 2 aromatic carbocycles. The third-order valence-electron chi connectivity index (χ3n) is 6.78. The molecular formula is C27H32N2O7S. The minimum absolute atomic E-state index is 0.0534. The molecule has 0 bridgehead atoms. The van der Waals surface area contributed by atoms with E-state index in [0.29, 0.717) is 37.4 Å². The molecule has 9 nitrogen and oxygen atoms in total. The number of ketones is 1. The molecule has 1 atom stereocenters. The Bertz CT molecular complexity index is 1280. The Hall–Kier alpha value is -3.21. The summed E-state index contributed by atoms with van der Waals surface area (Å²) in [4.78, 5) is 27.7. The number of carbonyl (C=O) groups excluding carboxylic acids is 2. The number of benzene rings is 2. The van der Waals surface area contributed by atoms with Gasteiger partial charge in [0.05, 0.1) is 23.6 Å². The molecule has 1 N–H and O–H groups in total. The van der Waals surface area contributed by atoms with Crippen molar-refractivity contribution in [2.45, 2.75) is 36.6 Å². The van der Waals surface area contributed by atoms with Crippen LogP contribution in [0.1, 0.15) is 42.9 Å². The molecule has 10 heteroatoms. The van der Waals surface area contributed by atoms with Crippen molar-refractivity contribution >= 4 is 27.5 Å². The van der Waals surface area contributed by atoms with Crippen LogP contribution < -0.4 is 4.74 Å². The molecule has 4 rings (SSSR count). The molecule has 2 fully saturated rings. The Morgan fingerprint density at radius 1 is 1.03 bits per heavy atom. The number of piperidine rings is 1. The lowest BCUT2D eigenvalue weighted by Gasteiger charge is -2.26. The molecule has 0 aliphatic carbocycles. The van der Waals surface area contributed by atoms with Gasteiger partial charge in [-0.2, -0.15) is 4.31 Å². The third kappa shape index (κ3) is 5.41. The Morgan fingerprint density at radius 2 is 1.73 bits per heavy atom. The summed E-state index contributed by atoms with van der Waals surface area (Å²) in [6, 6.07) is 11.9. The van der Waals surface area contributed by atoms with Crippen molar-refractivity contribution in [3.05, 3.63) is 65.2 Å². The average molecular weight is 529 g/mol. The van der Waals surface area contributed by atoms with E-state index in [1.54, 1.807) is 31.4 Å². The molecule has 1 amide bonds. The standard InChI is InChI=1S/C27H32N2O7S/c1-35-17-7-16-29-24(20-8-6-9-21(18-20)36-2)23(26(31)27(29)32)25(30)19-10-12-22(13-11-19)37(33,34)28-14-4-3-5-15-28/h6,8-13,18,24,30H,3-5,7,14-17H2,1-2H3/b25-23-. The van der Waals surface area contributed by atoms with E-state index in [9.17, 15) is 23.1 Å². The van der Waals surface area contributed by atoms with Crippen LogP contribution in [0.3, 0.4) is 0 Å². The number of carbonyl (C=O) groups is 2. The molecule has 198 valence electrons. The second-order valence-corrected chi connectivity index (χ2v) is 11.0. The number of ether oxygens (including phenoxy) is 2. The normalized spacial score (nSPS) is 20.4. The number of aliphatic hydroxyl groups is 1. The number of Topliss-reactive ketones (excluding diaryl/α,β-unsaturated/α-hetero) is 1. The van der Waals surface area contributed by atoms with Gasteiger partial charge in [-0.1, -0.05) is 18.6 Å². The van der Waals surface area contributed by atoms with Crippen LogP contribution in [0.25, 0.3) is 5.76 Å². The summed E-state index contributed by atoms with van der Waals surface area (Å²) < 4.78 is 37.9. The Morgan fingerprint density at radius 3 is 2.38 bits per heavy atom. The first-order valence-electron chi connectivity index (χ1n) is 12.3. The lowest BCUT2D eigenvalue weighted by molar-refractivity contribution is -0.140. The zero-order chi connectivity index (χ0) is 26.6. The smallest absolute Gasteiger partial charge is 0.295 e. The van der Waals surface area contributed by atoms with Gasteiger partial charge in [-0.15, -0.1) is 0 Å². The summed E-state index contributed by atoms with van der Waals surface area (Å²) in [5.74, 6) is -1.32. The van der Waals surface area contributed by atoms with Crippen LogP contribution in [0.2, 0.25) is 0 Å². The van der Waals surface area contributed by atoms with Gasteiger partial charge >= 0.3 is 0 Å². The first-order valence-corrected chi connectivity index (χ1v) is 13.8. The van der Waals surface area contributed by atoms with Gasteiger partial charge in [0.15, 0.2) is 0 Å². The van der Waals surface area contributed by atoms with Gasteiger partial charge in [0.2, 0.25) is 10.0 Å². The molecule has 2 aliphatic rings. The molecule has 2 saturated heterocycles. The predicted octanol–water partition coefficient (Wildman–Crippen LogP) is 3.33. The molecule has 2 aliphatic heterocycles. The number of sulfonamides is 1. The van der Waals surface area contributed by atoms with Gasteiger partial charge in [-0.3, -0.25) is 9.59 Å². The highest BCUT2D eigenvalue weighted by Crippen LogP contribution is 2.40. The highest BCUT2D eigenvalue weighted by molar-refractivity contribution is 7.89. The van der Waals surface area contributed by atoms with Gasteiger partial charge < -0.3 is 19.5 Å². The molecule has 2 heterocycles. The van der Waals surface area contributed by atoms with Crippen LogP contribution in [0, 0.1) is 0 Å². The summed E-state index contributed by atoms with van der Waals surface area (Å²) in [7, 11) is -0.565. The fraction of sp³-hybridized carbons (Fsp3) is 0.407. The van der Waals surface area contributed by atoms with Crippen LogP contribution in [0.5, 0.6) is 5.75 Å². The van der Waals surface area contributed by atoms with Gasteiger partial charge in [0, 0.05) is 38.9 Å². The fourth-order valence-electron chi connectivity index (χ4n) is 4.84. The number of nitrogens with zero attached hydrogens (tertiary/aromatic N) is 2. The number of hydrogen-bond acceptors (Lipinski definition) is 7. The topological polar surface area (TPSA) is 113 Å². The number of methoxy groups -OCH3 is 2. The summed E-state index contributed by atoms with van der Waals surface area (Å²) in [5, 5.41) is 11.3. The van der Waals surface area contributed by atoms with E-state index >= 15 is 0 Å². The monoisotopic (exact) mass is 528 g/mol. The van der Waals surface area contributed by atoms with Crippen LogP contribution in [-0.4, -0.2) is 74.9 Å². The van der Waals surface area contributed by atoms with Crippen molar-refractivity contribution in [2.75, 3.05) is 40.5 Å². The summed E-state index contributed by atoms with van der Waals surface area (Å²) in [6.45, 7) is 1.62. The molecular weight excluding hydrogens is 496 g/mol. The van der Waals surface area contributed by atoms with Crippen LogP contribution in [0.15, 0.2) is 59.0 Å². The highest BCUT2D eigenvalue weighted by Gasteiger charge is 2.46. The van der Waals surface area contributed by atoms with Crippen molar-refractivity contribution in [1.82, 2.24) is 9.21 Å². The number of rotatable bonds is 9. The maximum absolute atomic E-state index is 13.2. The number of hydrogen-bond donors (Lipinski definition) is 1. The van der Waals surface area contributed by atoms with Crippen molar-refractivity contribution in [1.29, 1.82) is 0 Å². The second kappa shape index (κ2) is 11.5. The Labute approximate surface area is 217 Å². The quantitative estimate of drug-likeness (QED) is 0.230. The fourth-order valence-corrected chi connectivity index (χ4v) is 6.36. The van der Waals surface area contributed by atoms with E-state index in [-0.39, 0.29) is 28.3 Å². The van der Waals surface area contributed by atoms with Crippen molar-refractivity contribution in [3.63, 3.8) is 0 Å². The number of likely N-dealkylation sites (tertiary alicyclic amines) is 1. The van der Waals surface area contributed by atoms with E-state index < -0.39 is 27.8 Å². The summed E-state index contributed by atoms with van der Waals surface area (Å²) in [6.07, 6.45) is 3.17. The molecule has 0 spiro atoms. The number of aliphatic hydroxyl groups excluding tert-OH is 1. The molecule has 0 aromatic heterocycles. The van der Waals surface area contributed by atoms with E-state index in [1.165, 1.54) is 40.6 Å². The lowest BCUT2D eigenvalue weighted by Crippen LogP contribution is -2.35. The SMILES string of the molecule is COCCCN1C(=O)C(=O)/C(=C(\O)c2ccc(S(=O)(=O)N3CCCCC3)cc2)C1c1cccc(OC)c1. The second-order valence-electron chi connectivity index (χ2n) is 9.10. The van der Waals surface area contributed by atoms with E-state index in [0.717, 1.165) is 19.3 Å². The highest BCUT2D eigenvalue weighted by atomic mass is 32.2. The summed E-state index contributed by atoms with van der Waals surface area (Å²) in [5.41, 5.74) is 0.810. The molecule has 0 saturated carbocycles. The van der Waals surface area contributed by atoms with Crippen molar-refractivity contribution in [3.8, 4) is 5.75 Å². The number of amides is 1. The molecule has 0 radical (unpaired) electrons. The predicted molar refractivity (Wildman–Crippen MR) is 138 cm³/mol. The van der Waals surface area contributed by atoms with Gasteiger partial charge in [-0.25, -0.2) is 8.42 Å². The van der Waals surface area contributed by atoms with E-state index in [4.69, 9.17) is 9.47 Å². The van der Waals surface area contributed by atoms with Gasteiger partial charge in [-0.05, 0) is 61.2 Å². The van der Waals surface area contributed by atoms with Crippen molar-refractivity contribution < 1.29 is 32.6 Å². The zero-order valence-corrected chi connectivity index (χ0v) is 21.9. The van der Waals surface area contributed by atoms with Crippen LogP contribution in [-0.2, 0) is 24.3 Å². The van der Waals surface area contributed by atoms with Crippen LogP contribution >= 0.6 is 0 Å². The zero-order valence-electron chi connectivity index (χ0n) is 21.1. The lowest BCUT2D eigenvalue weighted by atomic mass is 9.95. The van der Waals surface area contributed by atoms with Crippen molar-refractivity contribution in [2.24, 2.45) is 0 Å². The Balaban J connectivity index is 1.73. The maximum Gasteiger partial charge on any atom is 0.295 e. The van der Waals surface area contributed by atoms with Crippen LogP contribution in [0.4, 0.5) is 0 Å². The first-order chi connectivity index (χ1) is 17.8. The largest absolute Gasteiger partial charge is 0.507 e. The first kappa shape index (κ1) is 26.8. The maximum atomic E-state index is 13.2. The Kier molecular flexibility index (Phi) is 8.31. The molecule has 37 heavy (non-hydrogen) atoms. The average Bonchev–Trinajstić information content (AvgIpc) is 3.18. The molecule has 1 unspecified atom stereocenters. The minimum Gasteiger partial charge on any atom is -0.507 e. The molecule has 2 aromatic rings. The van der Waals surface area contributed by atoms with Gasteiger partial charge in [0.1, 0.15) is 11.5 Å².